The summed E-state index contributed by atoms with van der Waals surface area (Å²) in [5, 5.41) is 5.35. The molecule has 16 heavy (non-hydrogen) atoms. The molecule has 2 aromatic rings. The molecule has 0 fully saturated rings. The van der Waals surface area contributed by atoms with Crippen LogP contribution in [0, 0.1) is 0 Å². The summed E-state index contributed by atoms with van der Waals surface area (Å²) in [6.07, 6.45) is 4.58. The van der Waals surface area contributed by atoms with Gasteiger partial charge in [0.2, 0.25) is 0 Å². The molecule has 3 nitrogen and oxygen atoms in total. The van der Waals surface area contributed by atoms with Gasteiger partial charge in [0.1, 0.15) is 0 Å². The monoisotopic (exact) mass is 297 g/mol. The minimum Gasteiger partial charge on any atom is -0.311 e. The van der Waals surface area contributed by atoms with Crippen molar-refractivity contribution in [2.45, 2.75) is 12.5 Å². The van der Waals surface area contributed by atoms with Crippen molar-refractivity contribution in [2.24, 2.45) is 0 Å². The van der Waals surface area contributed by atoms with Crippen molar-refractivity contribution >= 4 is 27.3 Å². The molecular formula is C11H12BrN3S. The number of pyridine rings is 1. The standard InChI is InChI=1S/C11H12BrN3S/c1-13-10(11-6-16-7-15-11)3-8-2-9(12)5-14-4-8/h2,4-7,10,13H,3H2,1H3. The summed E-state index contributed by atoms with van der Waals surface area (Å²) in [6, 6.07) is 2.34. The van der Waals surface area contributed by atoms with Gasteiger partial charge in [-0.2, -0.15) is 0 Å². The Bertz CT molecular complexity index is 444. The van der Waals surface area contributed by atoms with Crippen LogP contribution in [0.2, 0.25) is 0 Å². The average molecular weight is 298 g/mol. The number of nitrogens with zero attached hydrogens (tertiary/aromatic N) is 2. The van der Waals surface area contributed by atoms with E-state index in [0.29, 0.717) is 0 Å². The SMILES string of the molecule is CNC(Cc1cncc(Br)c1)c1cscn1. The fraction of sp³-hybridized carbons (Fsp3) is 0.273. The molecule has 0 bridgehead atoms. The first kappa shape index (κ1) is 11.7. The highest BCUT2D eigenvalue weighted by Crippen LogP contribution is 2.19. The molecule has 0 radical (unpaired) electrons. The Morgan fingerprint density at radius 2 is 2.38 bits per heavy atom. The molecular weight excluding hydrogens is 286 g/mol. The Hall–Kier alpha value is -0.780. The highest BCUT2D eigenvalue weighted by molar-refractivity contribution is 9.10. The number of halogens is 1. The van der Waals surface area contributed by atoms with E-state index >= 15 is 0 Å². The average Bonchev–Trinajstić information content (AvgIpc) is 2.79. The van der Waals surface area contributed by atoms with E-state index in [1.807, 2.05) is 18.8 Å². The second kappa shape index (κ2) is 5.52. The molecule has 0 aliphatic carbocycles. The third-order valence-electron chi connectivity index (χ3n) is 2.36. The maximum absolute atomic E-state index is 4.33. The lowest BCUT2D eigenvalue weighted by molar-refractivity contribution is 0.578. The van der Waals surface area contributed by atoms with Crippen LogP contribution in [0.3, 0.4) is 0 Å². The quantitative estimate of drug-likeness (QED) is 0.943. The molecule has 2 heterocycles. The lowest BCUT2D eigenvalue weighted by Gasteiger charge is -2.13. The summed E-state index contributed by atoms with van der Waals surface area (Å²) in [5.74, 6) is 0. The highest BCUT2D eigenvalue weighted by atomic mass is 79.9. The predicted octanol–water partition coefficient (Wildman–Crippen LogP) is 2.80. The van der Waals surface area contributed by atoms with Gasteiger partial charge in [0.05, 0.1) is 17.2 Å². The summed E-state index contributed by atoms with van der Waals surface area (Å²) in [7, 11) is 1.95. The number of likely N-dealkylation sites (N-methyl/N-ethyl adjacent to an activating group) is 1. The van der Waals surface area contributed by atoms with Gasteiger partial charge in [0.15, 0.2) is 0 Å². The molecule has 2 rings (SSSR count). The maximum Gasteiger partial charge on any atom is 0.0795 e. The van der Waals surface area contributed by atoms with Gasteiger partial charge in [-0.3, -0.25) is 4.98 Å². The molecule has 0 aromatic carbocycles. The summed E-state index contributed by atoms with van der Waals surface area (Å²) in [6.45, 7) is 0. The van der Waals surface area contributed by atoms with Crippen molar-refractivity contribution < 1.29 is 0 Å². The van der Waals surface area contributed by atoms with Crippen LogP contribution in [-0.2, 0) is 6.42 Å². The van der Waals surface area contributed by atoms with Crippen LogP contribution in [0.1, 0.15) is 17.3 Å². The molecule has 0 amide bonds. The van der Waals surface area contributed by atoms with E-state index in [-0.39, 0.29) is 6.04 Å². The molecule has 0 saturated carbocycles. The fourth-order valence-corrected chi connectivity index (χ4v) is 2.57. The van der Waals surface area contributed by atoms with E-state index < -0.39 is 0 Å². The van der Waals surface area contributed by atoms with E-state index in [1.54, 1.807) is 17.5 Å². The van der Waals surface area contributed by atoms with Gasteiger partial charge in [-0.05, 0) is 41.0 Å². The Morgan fingerprint density at radius 1 is 1.50 bits per heavy atom. The first-order valence-corrected chi connectivity index (χ1v) is 6.68. The Balaban J connectivity index is 2.13. The normalized spacial score (nSPS) is 12.6. The first-order valence-electron chi connectivity index (χ1n) is 4.94. The Kier molecular flexibility index (Phi) is 4.04. The van der Waals surface area contributed by atoms with Crippen LogP contribution in [0.15, 0.2) is 33.8 Å². The number of hydrogen-bond acceptors (Lipinski definition) is 4. The summed E-state index contributed by atoms with van der Waals surface area (Å²) >= 11 is 5.05. The lowest BCUT2D eigenvalue weighted by Crippen LogP contribution is -2.19. The zero-order valence-electron chi connectivity index (χ0n) is 8.85. The van der Waals surface area contributed by atoms with E-state index in [1.165, 1.54) is 5.56 Å². The van der Waals surface area contributed by atoms with E-state index in [0.717, 1.165) is 16.6 Å². The van der Waals surface area contributed by atoms with Gasteiger partial charge in [0.25, 0.3) is 0 Å². The molecule has 5 heteroatoms. The van der Waals surface area contributed by atoms with Crippen LogP contribution in [0.4, 0.5) is 0 Å². The van der Waals surface area contributed by atoms with Crippen molar-refractivity contribution in [3.8, 4) is 0 Å². The summed E-state index contributed by atoms with van der Waals surface area (Å²) in [4.78, 5) is 8.49. The van der Waals surface area contributed by atoms with Crippen molar-refractivity contribution in [3.63, 3.8) is 0 Å². The van der Waals surface area contributed by atoms with E-state index in [2.05, 4.69) is 42.7 Å². The van der Waals surface area contributed by atoms with Crippen molar-refractivity contribution in [2.75, 3.05) is 7.05 Å². The maximum atomic E-state index is 4.33. The van der Waals surface area contributed by atoms with E-state index in [9.17, 15) is 0 Å². The van der Waals surface area contributed by atoms with Crippen LogP contribution >= 0.6 is 27.3 Å². The first-order chi connectivity index (χ1) is 7.79. The number of thiazole rings is 1. The van der Waals surface area contributed by atoms with Gasteiger partial charge in [-0.25, -0.2) is 4.98 Å². The molecule has 0 saturated heterocycles. The molecule has 1 N–H and O–H groups in total. The van der Waals surface area contributed by atoms with Crippen molar-refractivity contribution in [1.29, 1.82) is 0 Å². The van der Waals surface area contributed by atoms with Gasteiger partial charge >= 0.3 is 0 Å². The zero-order chi connectivity index (χ0) is 11.4. The number of aromatic nitrogens is 2. The molecule has 0 aliphatic heterocycles. The van der Waals surface area contributed by atoms with E-state index in [4.69, 9.17) is 0 Å². The summed E-state index contributed by atoms with van der Waals surface area (Å²) in [5.41, 5.74) is 4.15. The fourth-order valence-electron chi connectivity index (χ4n) is 1.55. The van der Waals surface area contributed by atoms with Crippen LogP contribution < -0.4 is 5.32 Å². The minimum atomic E-state index is 0.252. The predicted molar refractivity (Wildman–Crippen MR) is 69.6 cm³/mol. The smallest absolute Gasteiger partial charge is 0.0795 e. The molecule has 2 aromatic heterocycles. The summed E-state index contributed by atoms with van der Waals surface area (Å²) < 4.78 is 1.01. The number of hydrogen-bond donors (Lipinski definition) is 1. The van der Waals surface area contributed by atoms with Gasteiger partial charge in [0, 0.05) is 22.2 Å². The largest absolute Gasteiger partial charge is 0.311 e. The Labute approximate surface area is 107 Å². The topological polar surface area (TPSA) is 37.8 Å². The molecule has 1 unspecified atom stereocenters. The highest BCUT2D eigenvalue weighted by Gasteiger charge is 2.12. The third kappa shape index (κ3) is 2.87. The second-order valence-electron chi connectivity index (χ2n) is 3.47. The molecule has 0 spiro atoms. The lowest BCUT2D eigenvalue weighted by atomic mass is 10.1. The zero-order valence-corrected chi connectivity index (χ0v) is 11.3. The van der Waals surface area contributed by atoms with Gasteiger partial charge < -0.3 is 5.32 Å². The van der Waals surface area contributed by atoms with Crippen molar-refractivity contribution in [3.05, 3.63) is 45.1 Å². The Morgan fingerprint density at radius 3 is 3.00 bits per heavy atom. The van der Waals surface area contributed by atoms with Crippen molar-refractivity contribution in [1.82, 2.24) is 15.3 Å². The minimum absolute atomic E-state index is 0.252. The second-order valence-corrected chi connectivity index (χ2v) is 5.10. The molecule has 0 aliphatic rings. The number of nitrogens with one attached hydrogen (secondary N) is 1. The van der Waals surface area contributed by atoms with Crippen LogP contribution in [0.5, 0.6) is 0 Å². The molecule has 1 atom stereocenters. The van der Waals surface area contributed by atoms with Crippen LogP contribution in [-0.4, -0.2) is 17.0 Å². The van der Waals surface area contributed by atoms with Gasteiger partial charge in [-0.1, -0.05) is 0 Å². The molecule has 84 valence electrons. The number of rotatable bonds is 4. The van der Waals surface area contributed by atoms with Gasteiger partial charge in [-0.15, -0.1) is 11.3 Å². The van der Waals surface area contributed by atoms with Crippen LogP contribution in [0.25, 0.3) is 0 Å². The third-order valence-corrected chi connectivity index (χ3v) is 3.40.